The van der Waals surface area contributed by atoms with Crippen LogP contribution in [0, 0.1) is 11.3 Å². The number of nitriles is 1. The van der Waals surface area contributed by atoms with Crippen LogP contribution in [0.3, 0.4) is 0 Å². The van der Waals surface area contributed by atoms with E-state index >= 15 is 0 Å². The summed E-state index contributed by atoms with van der Waals surface area (Å²) in [5, 5.41) is 12.3. The fraction of sp³-hybridized carbons (Fsp3) is 0.476. The van der Waals surface area contributed by atoms with E-state index in [4.69, 9.17) is 10.00 Å². The van der Waals surface area contributed by atoms with Gasteiger partial charge in [0.2, 0.25) is 0 Å². The molecule has 1 heterocycles. The van der Waals surface area contributed by atoms with Crippen molar-refractivity contribution in [3.05, 3.63) is 48.0 Å². The first-order chi connectivity index (χ1) is 12.6. The highest BCUT2D eigenvalue weighted by Gasteiger charge is 2.19. The summed E-state index contributed by atoms with van der Waals surface area (Å²) in [6.45, 7) is 9.22. The molecule has 6 heteroatoms. The summed E-state index contributed by atoms with van der Waals surface area (Å²) >= 11 is 0. The van der Waals surface area contributed by atoms with Crippen molar-refractivity contribution in [3.8, 4) is 6.07 Å². The highest BCUT2D eigenvalue weighted by molar-refractivity contribution is 5.71. The maximum Gasteiger partial charge on any atom is 0.419 e. The van der Waals surface area contributed by atoms with Gasteiger partial charge in [0.15, 0.2) is 0 Å². The third-order valence-electron chi connectivity index (χ3n) is 3.86. The minimum Gasteiger partial charge on any atom is -0.443 e. The van der Waals surface area contributed by atoms with E-state index in [-0.39, 0.29) is 0 Å². The zero-order chi connectivity index (χ0) is 20.1. The Morgan fingerprint density at radius 2 is 1.85 bits per heavy atom. The van der Waals surface area contributed by atoms with E-state index in [9.17, 15) is 4.79 Å². The number of hydrogen-bond donors (Lipinski definition) is 1. The molecular weight excluding hydrogens is 340 g/mol. The zero-order valence-electron chi connectivity index (χ0n) is 16.7. The van der Waals surface area contributed by atoms with E-state index in [0.717, 1.165) is 18.5 Å². The molecule has 2 rings (SSSR count). The van der Waals surface area contributed by atoms with Gasteiger partial charge in [-0.3, -0.25) is 0 Å². The van der Waals surface area contributed by atoms with Gasteiger partial charge in [-0.25, -0.2) is 14.3 Å². The van der Waals surface area contributed by atoms with Crippen LogP contribution in [0.4, 0.5) is 10.5 Å². The highest BCUT2D eigenvalue weighted by atomic mass is 16.6. The molecule has 0 aliphatic heterocycles. The summed E-state index contributed by atoms with van der Waals surface area (Å²) in [6.07, 6.45) is 5.30. The van der Waals surface area contributed by atoms with Crippen molar-refractivity contribution >= 4 is 11.8 Å². The Labute approximate surface area is 161 Å². The van der Waals surface area contributed by atoms with Crippen molar-refractivity contribution in [1.82, 2.24) is 9.55 Å². The number of ether oxygens (including phenoxy) is 1. The van der Waals surface area contributed by atoms with E-state index < -0.39 is 17.2 Å². The summed E-state index contributed by atoms with van der Waals surface area (Å²) in [5.41, 5.74) is 0.992. The smallest absolute Gasteiger partial charge is 0.419 e. The maximum atomic E-state index is 12.2. The molecule has 0 radical (unpaired) electrons. The number of rotatable bonds is 6. The zero-order valence-corrected chi connectivity index (χ0v) is 16.7. The van der Waals surface area contributed by atoms with Crippen LogP contribution in [0.5, 0.6) is 0 Å². The van der Waals surface area contributed by atoms with E-state index in [2.05, 4.69) is 28.5 Å². The van der Waals surface area contributed by atoms with Gasteiger partial charge in [0.1, 0.15) is 17.0 Å². The molecule has 0 fully saturated rings. The fourth-order valence-electron chi connectivity index (χ4n) is 2.59. The first-order valence-electron chi connectivity index (χ1n) is 9.14. The monoisotopic (exact) mass is 368 g/mol. The van der Waals surface area contributed by atoms with Crippen LogP contribution in [-0.2, 0) is 17.6 Å². The number of imidazole rings is 1. The van der Waals surface area contributed by atoms with Crippen LogP contribution in [-0.4, -0.2) is 26.8 Å². The Hall–Kier alpha value is -2.81. The Morgan fingerprint density at radius 3 is 2.44 bits per heavy atom. The Kier molecular flexibility index (Phi) is 6.27. The average molecular weight is 368 g/mol. The molecule has 0 bridgehead atoms. The number of hydrogen-bond acceptors (Lipinski definition) is 5. The van der Waals surface area contributed by atoms with Gasteiger partial charge in [0, 0.05) is 24.5 Å². The number of nitrogens with zero attached hydrogens (tertiary/aromatic N) is 3. The summed E-state index contributed by atoms with van der Waals surface area (Å²) < 4.78 is 6.88. The molecule has 0 atom stereocenters. The molecule has 0 saturated carbocycles. The van der Waals surface area contributed by atoms with E-state index in [1.165, 1.54) is 10.1 Å². The molecule has 1 N–H and O–H groups in total. The second-order valence-electron chi connectivity index (χ2n) is 8.11. The molecule has 0 amide bonds. The second-order valence-corrected chi connectivity index (χ2v) is 8.11. The summed E-state index contributed by atoms with van der Waals surface area (Å²) in [5.74, 6) is 0.707. The number of anilines is 1. The van der Waals surface area contributed by atoms with Gasteiger partial charge in [-0.2, -0.15) is 5.26 Å². The van der Waals surface area contributed by atoms with Crippen molar-refractivity contribution in [1.29, 1.82) is 5.26 Å². The second kappa shape index (κ2) is 8.26. The van der Waals surface area contributed by atoms with Gasteiger partial charge in [0.25, 0.3) is 0 Å². The molecule has 6 nitrogen and oxygen atoms in total. The SMILES string of the molecule is CC(C)(C#N)Nc1ccc(CCCc2nccn2C(=O)OC(C)(C)C)cc1. The molecule has 1 aromatic carbocycles. The normalized spacial score (nSPS) is 11.7. The quantitative estimate of drug-likeness (QED) is 0.809. The first-order valence-corrected chi connectivity index (χ1v) is 9.14. The lowest BCUT2D eigenvalue weighted by Crippen LogP contribution is -2.28. The summed E-state index contributed by atoms with van der Waals surface area (Å²) in [6, 6.07) is 10.3. The molecule has 0 saturated heterocycles. The third kappa shape index (κ3) is 6.45. The van der Waals surface area contributed by atoms with Crippen molar-refractivity contribution in [2.45, 2.75) is 65.0 Å². The van der Waals surface area contributed by atoms with Gasteiger partial charge >= 0.3 is 6.09 Å². The molecule has 144 valence electrons. The van der Waals surface area contributed by atoms with Crippen LogP contribution in [0.15, 0.2) is 36.7 Å². The Bertz CT molecular complexity index is 808. The van der Waals surface area contributed by atoms with Crippen LogP contribution >= 0.6 is 0 Å². The Morgan fingerprint density at radius 1 is 1.19 bits per heavy atom. The van der Waals surface area contributed by atoms with Crippen LogP contribution in [0.2, 0.25) is 0 Å². The molecule has 27 heavy (non-hydrogen) atoms. The van der Waals surface area contributed by atoms with Gasteiger partial charge < -0.3 is 10.1 Å². The minimum absolute atomic E-state index is 0.398. The molecule has 0 spiro atoms. The fourth-order valence-corrected chi connectivity index (χ4v) is 2.59. The van der Waals surface area contributed by atoms with Crippen molar-refractivity contribution in [2.24, 2.45) is 0 Å². The van der Waals surface area contributed by atoms with Crippen molar-refractivity contribution in [2.75, 3.05) is 5.32 Å². The van der Waals surface area contributed by atoms with Gasteiger partial charge in [-0.05, 0) is 65.2 Å². The number of aromatic nitrogens is 2. The number of aryl methyl sites for hydroxylation is 2. The molecule has 0 aliphatic carbocycles. The largest absolute Gasteiger partial charge is 0.443 e. The predicted octanol–water partition coefficient (Wildman–Crippen LogP) is 4.56. The van der Waals surface area contributed by atoms with Crippen LogP contribution < -0.4 is 5.32 Å². The number of benzene rings is 1. The van der Waals surface area contributed by atoms with Crippen molar-refractivity contribution < 1.29 is 9.53 Å². The number of nitrogens with one attached hydrogen (secondary N) is 1. The molecule has 0 aliphatic rings. The molecular formula is C21H28N4O2. The molecule has 0 unspecified atom stereocenters. The van der Waals surface area contributed by atoms with Gasteiger partial charge in [-0.1, -0.05) is 12.1 Å². The lowest BCUT2D eigenvalue weighted by Gasteiger charge is -2.20. The minimum atomic E-state index is -0.597. The summed E-state index contributed by atoms with van der Waals surface area (Å²) in [4.78, 5) is 16.5. The maximum absolute atomic E-state index is 12.2. The first kappa shape index (κ1) is 20.5. The topological polar surface area (TPSA) is 79.9 Å². The lowest BCUT2D eigenvalue weighted by molar-refractivity contribution is 0.0531. The van der Waals surface area contributed by atoms with Crippen LogP contribution in [0.25, 0.3) is 0 Å². The molecule has 1 aromatic heterocycles. The number of carbonyl (C=O) groups is 1. The van der Waals surface area contributed by atoms with Crippen molar-refractivity contribution in [3.63, 3.8) is 0 Å². The average Bonchev–Trinajstić information content (AvgIpc) is 3.03. The van der Waals surface area contributed by atoms with E-state index in [1.807, 2.05) is 46.8 Å². The van der Waals surface area contributed by atoms with E-state index in [1.54, 1.807) is 12.4 Å². The predicted molar refractivity (Wildman–Crippen MR) is 106 cm³/mol. The summed E-state index contributed by atoms with van der Waals surface area (Å²) in [7, 11) is 0. The van der Waals surface area contributed by atoms with E-state index in [0.29, 0.717) is 12.2 Å². The van der Waals surface area contributed by atoms with Gasteiger partial charge in [0.05, 0.1) is 6.07 Å². The third-order valence-corrected chi connectivity index (χ3v) is 3.86. The van der Waals surface area contributed by atoms with Crippen LogP contribution in [0.1, 0.15) is 52.4 Å². The number of carbonyl (C=O) groups excluding carboxylic acids is 1. The highest BCUT2D eigenvalue weighted by Crippen LogP contribution is 2.17. The Balaban J connectivity index is 1.90. The lowest BCUT2D eigenvalue weighted by atomic mass is 10.1. The van der Waals surface area contributed by atoms with Gasteiger partial charge in [-0.15, -0.1) is 0 Å². The standard InChI is InChI=1S/C21H28N4O2/c1-20(2,3)27-19(26)25-14-13-23-18(25)8-6-7-16-9-11-17(12-10-16)24-21(4,5)15-22/h9-14,24H,6-8H2,1-5H3. The molecule has 2 aromatic rings.